The lowest BCUT2D eigenvalue weighted by molar-refractivity contribution is -0.159. The maximum absolute atomic E-state index is 13.7. The van der Waals surface area contributed by atoms with Crippen LogP contribution in [0.15, 0.2) is 35.1 Å². The standard InChI is InChI=1S/C23H25NO8/c1-9(25)14-19(28)17(24(3)4)12-8-11-16(21(30)23(12,32)20(14)29)18(27)15-10(22(11,2)31)6-5-7-13(15)26/h5-7,11-12,17,26-27,29,31-32H,8H2,1-4H3/t11?,12?,17?,22-,23-/m1/s1. The average Bonchev–Trinajstić information content (AvgIpc) is 2.68. The molecule has 1 aromatic rings. The van der Waals surface area contributed by atoms with Crippen molar-refractivity contribution in [2.45, 2.75) is 37.5 Å². The molecule has 1 saturated carbocycles. The molecule has 170 valence electrons. The number of carbonyl (C=O) groups is 3. The van der Waals surface area contributed by atoms with Gasteiger partial charge in [-0.2, -0.15) is 0 Å². The van der Waals surface area contributed by atoms with Crippen molar-refractivity contribution in [2.24, 2.45) is 11.8 Å². The number of aliphatic hydroxyl groups excluding tert-OH is 2. The minimum atomic E-state index is -2.67. The van der Waals surface area contributed by atoms with Gasteiger partial charge in [-0.25, -0.2) is 0 Å². The number of ketones is 3. The van der Waals surface area contributed by atoms with Gasteiger partial charge in [0.1, 0.15) is 22.8 Å². The van der Waals surface area contributed by atoms with E-state index in [1.54, 1.807) is 14.1 Å². The first-order valence-corrected chi connectivity index (χ1v) is 10.2. The lowest BCUT2D eigenvalue weighted by Gasteiger charge is -2.53. The van der Waals surface area contributed by atoms with Crippen LogP contribution in [0.2, 0.25) is 0 Å². The van der Waals surface area contributed by atoms with E-state index in [1.165, 1.54) is 30.0 Å². The molecule has 9 heteroatoms. The summed E-state index contributed by atoms with van der Waals surface area (Å²) in [5.74, 6) is -6.95. The molecular formula is C23H25NO8. The number of benzene rings is 1. The van der Waals surface area contributed by atoms with Crippen molar-refractivity contribution in [1.29, 1.82) is 0 Å². The van der Waals surface area contributed by atoms with E-state index < -0.39 is 63.5 Å². The molecule has 5 atom stereocenters. The van der Waals surface area contributed by atoms with Crippen molar-refractivity contribution in [3.8, 4) is 5.75 Å². The van der Waals surface area contributed by atoms with Crippen LogP contribution >= 0.6 is 0 Å². The summed E-state index contributed by atoms with van der Waals surface area (Å²) in [7, 11) is 3.09. The second-order valence-electron chi connectivity index (χ2n) is 9.15. The number of Topliss-reactive ketones (excluding diaryl/α,β-unsaturated/α-hetero) is 3. The highest BCUT2D eigenvalue weighted by atomic mass is 16.3. The summed E-state index contributed by atoms with van der Waals surface area (Å²) in [6.45, 7) is 2.47. The summed E-state index contributed by atoms with van der Waals surface area (Å²) in [6, 6.07) is 3.14. The van der Waals surface area contributed by atoms with Gasteiger partial charge in [0.25, 0.3) is 0 Å². The zero-order chi connectivity index (χ0) is 23.9. The smallest absolute Gasteiger partial charge is 0.202 e. The van der Waals surface area contributed by atoms with Gasteiger partial charge in [-0.1, -0.05) is 12.1 Å². The summed E-state index contributed by atoms with van der Waals surface area (Å²) < 4.78 is 0. The Kier molecular flexibility index (Phi) is 4.68. The highest BCUT2D eigenvalue weighted by Crippen LogP contribution is 2.57. The number of carbonyl (C=O) groups excluding carboxylic acids is 3. The van der Waals surface area contributed by atoms with E-state index in [2.05, 4.69) is 0 Å². The third kappa shape index (κ3) is 2.52. The summed E-state index contributed by atoms with van der Waals surface area (Å²) in [4.78, 5) is 40.4. The first-order valence-electron chi connectivity index (χ1n) is 10.2. The summed E-state index contributed by atoms with van der Waals surface area (Å²) >= 11 is 0. The molecule has 3 aliphatic carbocycles. The number of rotatable bonds is 2. The lowest BCUT2D eigenvalue weighted by atomic mass is 9.54. The Morgan fingerprint density at radius 2 is 1.75 bits per heavy atom. The Labute approximate surface area is 183 Å². The molecule has 0 aromatic heterocycles. The van der Waals surface area contributed by atoms with Gasteiger partial charge in [0.05, 0.1) is 17.2 Å². The van der Waals surface area contributed by atoms with Crippen LogP contribution in [0.1, 0.15) is 31.4 Å². The fourth-order valence-corrected chi connectivity index (χ4v) is 5.60. The predicted molar refractivity (Wildman–Crippen MR) is 112 cm³/mol. The minimum Gasteiger partial charge on any atom is -0.508 e. The van der Waals surface area contributed by atoms with E-state index in [0.717, 1.165) is 6.92 Å². The molecule has 32 heavy (non-hydrogen) atoms. The van der Waals surface area contributed by atoms with Gasteiger partial charge in [-0.05, 0) is 46.0 Å². The number of nitrogens with zero attached hydrogens (tertiary/aromatic N) is 1. The first kappa shape index (κ1) is 22.2. The molecule has 4 rings (SSSR count). The molecule has 0 amide bonds. The van der Waals surface area contributed by atoms with Crippen LogP contribution in [-0.4, -0.2) is 73.5 Å². The molecule has 3 unspecified atom stereocenters. The highest BCUT2D eigenvalue weighted by molar-refractivity contribution is 6.25. The molecule has 5 N–H and O–H groups in total. The van der Waals surface area contributed by atoms with Crippen molar-refractivity contribution in [2.75, 3.05) is 14.1 Å². The van der Waals surface area contributed by atoms with Crippen molar-refractivity contribution in [1.82, 2.24) is 4.90 Å². The molecule has 0 radical (unpaired) electrons. The monoisotopic (exact) mass is 443 g/mol. The number of aliphatic hydroxyl groups is 4. The molecule has 9 nitrogen and oxygen atoms in total. The summed E-state index contributed by atoms with van der Waals surface area (Å²) in [5, 5.41) is 55.1. The molecule has 0 aliphatic heterocycles. The molecule has 0 bridgehead atoms. The second-order valence-corrected chi connectivity index (χ2v) is 9.15. The van der Waals surface area contributed by atoms with Gasteiger partial charge in [-0.15, -0.1) is 0 Å². The average molecular weight is 443 g/mol. The predicted octanol–water partition coefficient (Wildman–Crippen LogP) is 0.733. The maximum Gasteiger partial charge on any atom is 0.202 e. The molecule has 3 aliphatic rings. The van der Waals surface area contributed by atoms with E-state index in [4.69, 9.17) is 0 Å². The van der Waals surface area contributed by atoms with Crippen LogP contribution in [-0.2, 0) is 20.0 Å². The van der Waals surface area contributed by atoms with E-state index in [0.29, 0.717) is 0 Å². The summed E-state index contributed by atoms with van der Waals surface area (Å²) in [5.41, 5.74) is -5.40. The minimum absolute atomic E-state index is 0.148. The zero-order valence-electron chi connectivity index (χ0n) is 18.1. The molecule has 0 saturated heterocycles. The van der Waals surface area contributed by atoms with Gasteiger partial charge in [-0.3, -0.25) is 19.3 Å². The third-order valence-corrected chi connectivity index (χ3v) is 7.13. The number of likely N-dealkylation sites (N-methyl/N-ethyl adjacent to an activating group) is 1. The van der Waals surface area contributed by atoms with Crippen LogP contribution in [0.5, 0.6) is 5.75 Å². The fourth-order valence-electron chi connectivity index (χ4n) is 5.60. The number of phenolic OH excluding ortho intramolecular Hbond substituents is 1. The SMILES string of the molecule is CC(=O)C1=C(O)[C@@]2(O)C(=O)C3=C(O)c4c(O)cccc4[C@@](C)(O)C3CC2C(N(C)C)C1=O. The van der Waals surface area contributed by atoms with E-state index in [9.17, 15) is 39.9 Å². The normalized spacial score (nSPS) is 34.4. The highest BCUT2D eigenvalue weighted by Gasteiger charge is 2.66. The van der Waals surface area contributed by atoms with Crippen LogP contribution < -0.4 is 0 Å². The number of hydrogen-bond acceptors (Lipinski definition) is 9. The number of phenols is 1. The lowest BCUT2D eigenvalue weighted by Crippen LogP contribution is -2.66. The van der Waals surface area contributed by atoms with Gasteiger partial charge in [0.15, 0.2) is 17.2 Å². The van der Waals surface area contributed by atoms with E-state index in [-0.39, 0.29) is 28.9 Å². The van der Waals surface area contributed by atoms with Crippen LogP contribution in [0, 0.1) is 11.8 Å². The summed E-state index contributed by atoms with van der Waals surface area (Å²) in [6.07, 6.45) is -0.159. The van der Waals surface area contributed by atoms with Gasteiger partial charge >= 0.3 is 0 Å². The maximum atomic E-state index is 13.7. The molecule has 0 spiro atoms. The molecule has 1 aromatic carbocycles. The largest absolute Gasteiger partial charge is 0.508 e. The van der Waals surface area contributed by atoms with E-state index >= 15 is 0 Å². The van der Waals surface area contributed by atoms with Gasteiger partial charge < -0.3 is 25.5 Å². The Morgan fingerprint density at radius 1 is 1.12 bits per heavy atom. The topological polar surface area (TPSA) is 156 Å². The number of hydrogen-bond donors (Lipinski definition) is 5. The molecule has 1 fully saturated rings. The van der Waals surface area contributed by atoms with Gasteiger partial charge in [0.2, 0.25) is 5.78 Å². The van der Waals surface area contributed by atoms with Crippen LogP contribution in [0.25, 0.3) is 5.76 Å². The Hall–Kier alpha value is -3.01. The van der Waals surface area contributed by atoms with Crippen LogP contribution in [0.4, 0.5) is 0 Å². The van der Waals surface area contributed by atoms with E-state index in [1.807, 2.05) is 0 Å². The van der Waals surface area contributed by atoms with Crippen molar-refractivity contribution < 1.29 is 39.9 Å². The fraction of sp³-hybridized carbons (Fsp3) is 0.435. The third-order valence-electron chi connectivity index (χ3n) is 7.13. The molecular weight excluding hydrogens is 418 g/mol. The number of fused-ring (bicyclic) bond motifs is 3. The quantitative estimate of drug-likeness (QED) is 0.416. The van der Waals surface area contributed by atoms with Crippen molar-refractivity contribution >= 4 is 23.1 Å². The number of aromatic hydroxyl groups is 1. The van der Waals surface area contributed by atoms with Crippen LogP contribution in [0.3, 0.4) is 0 Å². The Balaban J connectivity index is 2.05. The Bertz CT molecular complexity index is 1140. The first-order chi connectivity index (χ1) is 14.8. The van der Waals surface area contributed by atoms with Crippen molar-refractivity contribution in [3.05, 3.63) is 46.2 Å². The second kappa shape index (κ2) is 6.74. The Morgan fingerprint density at radius 3 is 2.31 bits per heavy atom. The van der Waals surface area contributed by atoms with Gasteiger partial charge in [0, 0.05) is 17.4 Å². The zero-order valence-corrected chi connectivity index (χ0v) is 18.1. The van der Waals surface area contributed by atoms with Crippen molar-refractivity contribution in [3.63, 3.8) is 0 Å². The molecule has 0 heterocycles.